The van der Waals surface area contributed by atoms with Gasteiger partial charge in [0.25, 0.3) is 11.8 Å². The fourth-order valence-electron chi connectivity index (χ4n) is 2.72. The van der Waals surface area contributed by atoms with Crippen molar-refractivity contribution in [2.24, 2.45) is 0 Å². The summed E-state index contributed by atoms with van der Waals surface area (Å²) in [5.74, 6) is -0.810. The number of nitriles is 1. The van der Waals surface area contributed by atoms with Gasteiger partial charge >= 0.3 is 0 Å². The summed E-state index contributed by atoms with van der Waals surface area (Å²) in [7, 11) is 0. The van der Waals surface area contributed by atoms with Crippen molar-refractivity contribution in [3.8, 4) is 5.40 Å². The molecule has 1 N–H and O–H groups in total. The predicted octanol–water partition coefficient (Wildman–Crippen LogP) is 3.27. The molecule has 3 rings (SSSR count). The number of thioether (sulfide) groups is 1. The van der Waals surface area contributed by atoms with E-state index in [4.69, 9.17) is 5.26 Å². The Kier molecular flexibility index (Phi) is 5.34. The number of anilines is 1. The van der Waals surface area contributed by atoms with Gasteiger partial charge < -0.3 is 5.32 Å². The molecule has 0 unspecified atom stereocenters. The number of thiocyanates is 1. The molecule has 26 heavy (non-hydrogen) atoms. The van der Waals surface area contributed by atoms with E-state index in [0.29, 0.717) is 23.2 Å². The third kappa shape index (κ3) is 3.76. The van der Waals surface area contributed by atoms with Gasteiger partial charge in [-0.05, 0) is 54.6 Å². The van der Waals surface area contributed by atoms with Crippen molar-refractivity contribution in [3.63, 3.8) is 0 Å². The number of carbonyl (C=O) groups excluding carboxylic acids is 3. The van der Waals surface area contributed by atoms with Crippen LogP contribution in [0.3, 0.4) is 0 Å². The molecule has 0 saturated carbocycles. The van der Waals surface area contributed by atoms with Crippen LogP contribution in [0.25, 0.3) is 0 Å². The Morgan fingerprint density at radius 3 is 2.23 bits per heavy atom. The average Bonchev–Trinajstić information content (AvgIpc) is 2.89. The fourth-order valence-corrected chi connectivity index (χ4v) is 3.10. The van der Waals surface area contributed by atoms with Gasteiger partial charge in [-0.2, -0.15) is 5.26 Å². The Morgan fingerprint density at radius 2 is 1.65 bits per heavy atom. The third-order valence-corrected chi connectivity index (χ3v) is 4.56. The van der Waals surface area contributed by atoms with Crippen molar-refractivity contribution < 1.29 is 14.4 Å². The highest BCUT2D eigenvalue weighted by Crippen LogP contribution is 2.23. The summed E-state index contributed by atoms with van der Waals surface area (Å²) in [5, 5.41) is 13.3. The molecule has 0 spiro atoms. The van der Waals surface area contributed by atoms with Crippen LogP contribution in [0.1, 0.15) is 33.6 Å². The topological polar surface area (TPSA) is 90.3 Å². The molecule has 2 aromatic rings. The molecule has 1 heterocycles. The fraction of sp³-hybridized carbons (Fsp3) is 0.158. The normalized spacial score (nSPS) is 12.7. The van der Waals surface area contributed by atoms with Crippen molar-refractivity contribution in [2.75, 3.05) is 11.9 Å². The van der Waals surface area contributed by atoms with Gasteiger partial charge in [0.2, 0.25) is 5.91 Å². The van der Waals surface area contributed by atoms with Crippen LogP contribution in [0.2, 0.25) is 0 Å². The molecule has 0 bridgehead atoms. The van der Waals surface area contributed by atoms with E-state index in [9.17, 15) is 14.4 Å². The predicted molar refractivity (Wildman–Crippen MR) is 97.6 cm³/mol. The Morgan fingerprint density at radius 1 is 1.04 bits per heavy atom. The van der Waals surface area contributed by atoms with Gasteiger partial charge in [-0.15, -0.1) is 0 Å². The minimum atomic E-state index is -0.309. The average molecular weight is 365 g/mol. The lowest BCUT2D eigenvalue weighted by molar-refractivity contribution is -0.116. The van der Waals surface area contributed by atoms with Crippen LogP contribution >= 0.6 is 11.8 Å². The standard InChI is InChI=1S/C19H15N3O3S/c20-12-26-14-9-7-13(8-10-14)21-17(23)6-3-11-22-18(24)15-4-1-2-5-16(15)19(22)25/h1-2,4-5,7-10H,3,6,11H2,(H,21,23). The van der Waals surface area contributed by atoms with E-state index >= 15 is 0 Å². The van der Waals surface area contributed by atoms with E-state index in [2.05, 4.69) is 5.32 Å². The second-order valence-electron chi connectivity index (χ2n) is 5.68. The first-order valence-corrected chi connectivity index (χ1v) is 8.83. The summed E-state index contributed by atoms with van der Waals surface area (Å²) < 4.78 is 0. The zero-order valence-corrected chi connectivity index (χ0v) is 14.6. The first-order chi connectivity index (χ1) is 12.6. The molecular weight excluding hydrogens is 350 g/mol. The molecule has 7 heteroatoms. The third-order valence-electron chi connectivity index (χ3n) is 3.97. The lowest BCUT2D eigenvalue weighted by Crippen LogP contribution is -2.31. The zero-order valence-electron chi connectivity index (χ0n) is 13.8. The van der Waals surface area contributed by atoms with E-state index in [0.717, 1.165) is 16.7 Å². The summed E-state index contributed by atoms with van der Waals surface area (Å²) in [6.07, 6.45) is 0.585. The Labute approximate surface area is 154 Å². The number of imide groups is 1. The highest BCUT2D eigenvalue weighted by Gasteiger charge is 2.34. The number of hydrogen-bond acceptors (Lipinski definition) is 5. The van der Waals surface area contributed by atoms with Crippen LogP contribution in [0.5, 0.6) is 0 Å². The van der Waals surface area contributed by atoms with Crippen LogP contribution in [0.15, 0.2) is 53.4 Å². The first kappa shape index (κ1) is 17.7. The zero-order chi connectivity index (χ0) is 18.5. The van der Waals surface area contributed by atoms with Gasteiger partial charge in [-0.25, -0.2) is 0 Å². The van der Waals surface area contributed by atoms with E-state index in [1.807, 2.05) is 5.40 Å². The van der Waals surface area contributed by atoms with Gasteiger partial charge in [-0.3, -0.25) is 19.3 Å². The van der Waals surface area contributed by atoms with Gasteiger partial charge in [0, 0.05) is 23.5 Å². The van der Waals surface area contributed by atoms with Crippen molar-refractivity contribution in [3.05, 3.63) is 59.7 Å². The van der Waals surface area contributed by atoms with E-state index in [-0.39, 0.29) is 30.7 Å². The van der Waals surface area contributed by atoms with Crippen LogP contribution in [-0.4, -0.2) is 29.2 Å². The molecule has 0 radical (unpaired) electrons. The lowest BCUT2D eigenvalue weighted by Gasteiger charge is -2.13. The lowest BCUT2D eigenvalue weighted by atomic mass is 10.1. The number of rotatable bonds is 6. The van der Waals surface area contributed by atoms with Gasteiger partial charge in [0.1, 0.15) is 5.40 Å². The molecule has 1 aliphatic rings. The molecule has 130 valence electrons. The number of amides is 3. The summed E-state index contributed by atoms with van der Waals surface area (Å²) in [6.45, 7) is 0.206. The van der Waals surface area contributed by atoms with Crippen molar-refractivity contribution in [2.45, 2.75) is 17.7 Å². The van der Waals surface area contributed by atoms with Crippen molar-refractivity contribution in [1.82, 2.24) is 4.90 Å². The van der Waals surface area contributed by atoms with Crippen LogP contribution in [0, 0.1) is 10.7 Å². The molecule has 0 atom stereocenters. The number of hydrogen-bond donors (Lipinski definition) is 1. The maximum atomic E-state index is 12.2. The number of nitrogens with one attached hydrogen (secondary N) is 1. The first-order valence-electron chi connectivity index (χ1n) is 8.01. The number of nitrogens with zero attached hydrogens (tertiary/aromatic N) is 2. The minimum Gasteiger partial charge on any atom is -0.326 e. The smallest absolute Gasteiger partial charge is 0.261 e. The molecule has 2 aromatic carbocycles. The Balaban J connectivity index is 1.49. The van der Waals surface area contributed by atoms with Gasteiger partial charge in [-0.1, -0.05) is 12.1 Å². The van der Waals surface area contributed by atoms with Crippen molar-refractivity contribution in [1.29, 1.82) is 5.26 Å². The molecule has 0 aromatic heterocycles. The quantitative estimate of drug-likeness (QED) is 0.482. The van der Waals surface area contributed by atoms with Gasteiger partial charge in [0.15, 0.2) is 0 Å². The van der Waals surface area contributed by atoms with Crippen LogP contribution in [-0.2, 0) is 4.79 Å². The summed E-state index contributed by atoms with van der Waals surface area (Å²) in [5.41, 5.74) is 1.47. The van der Waals surface area contributed by atoms with Gasteiger partial charge in [0.05, 0.1) is 11.1 Å². The number of carbonyl (C=O) groups is 3. The molecule has 0 fully saturated rings. The monoisotopic (exact) mass is 365 g/mol. The number of fused-ring (bicyclic) bond motifs is 1. The molecule has 6 nitrogen and oxygen atoms in total. The maximum absolute atomic E-state index is 12.2. The molecule has 1 aliphatic heterocycles. The summed E-state index contributed by atoms with van der Waals surface area (Å²) >= 11 is 1.05. The molecular formula is C19H15N3O3S. The molecule has 0 saturated heterocycles. The Hall–Kier alpha value is -3.11. The van der Waals surface area contributed by atoms with E-state index in [1.165, 1.54) is 4.90 Å². The van der Waals surface area contributed by atoms with Crippen LogP contribution < -0.4 is 5.32 Å². The van der Waals surface area contributed by atoms with E-state index in [1.54, 1.807) is 48.5 Å². The Bertz CT molecular complexity index is 868. The largest absolute Gasteiger partial charge is 0.326 e. The summed E-state index contributed by atoms with van der Waals surface area (Å²) in [6, 6.07) is 13.7. The highest BCUT2D eigenvalue weighted by molar-refractivity contribution is 8.03. The second kappa shape index (κ2) is 7.85. The maximum Gasteiger partial charge on any atom is 0.261 e. The SMILES string of the molecule is N#CSc1ccc(NC(=O)CCCN2C(=O)c3ccccc3C2=O)cc1. The minimum absolute atomic E-state index is 0.192. The number of benzene rings is 2. The van der Waals surface area contributed by atoms with Crippen molar-refractivity contribution >= 4 is 35.2 Å². The molecule has 3 amide bonds. The second-order valence-corrected chi connectivity index (χ2v) is 6.54. The van der Waals surface area contributed by atoms with Crippen LogP contribution in [0.4, 0.5) is 5.69 Å². The van der Waals surface area contributed by atoms with E-state index < -0.39 is 0 Å². The molecule has 0 aliphatic carbocycles. The highest BCUT2D eigenvalue weighted by atomic mass is 32.2. The summed E-state index contributed by atoms with van der Waals surface area (Å²) in [4.78, 5) is 38.5.